The number of halogens is 1. The fourth-order valence-electron chi connectivity index (χ4n) is 4.35. The van der Waals surface area contributed by atoms with Gasteiger partial charge in [-0.2, -0.15) is 0 Å². The SMILES string of the molecule is Cc1ccc(C(=O)N2CCSC23C(=O)N(Cc2ccc(F)cc2)c2ccccc23)cc1. The summed E-state index contributed by atoms with van der Waals surface area (Å²) in [5, 5.41) is 0. The lowest BCUT2D eigenvalue weighted by Gasteiger charge is -2.33. The number of para-hydroxylation sites is 1. The summed E-state index contributed by atoms with van der Waals surface area (Å²) in [7, 11) is 0. The molecule has 1 unspecified atom stereocenters. The Morgan fingerprint density at radius 1 is 1.03 bits per heavy atom. The maximum atomic E-state index is 13.9. The summed E-state index contributed by atoms with van der Waals surface area (Å²) in [6, 6.07) is 21.3. The predicted octanol–water partition coefficient (Wildman–Crippen LogP) is 4.72. The van der Waals surface area contributed by atoms with E-state index in [0.717, 1.165) is 22.4 Å². The van der Waals surface area contributed by atoms with Gasteiger partial charge >= 0.3 is 0 Å². The van der Waals surface area contributed by atoms with Crippen molar-refractivity contribution < 1.29 is 14.0 Å². The van der Waals surface area contributed by atoms with E-state index in [0.29, 0.717) is 24.4 Å². The van der Waals surface area contributed by atoms with Crippen LogP contribution in [-0.4, -0.2) is 29.0 Å². The van der Waals surface area contributed by atoms with Gasteiger partial charge in [0.1, 0.15) is 5.82 Å². The number of nitrogens with zero attached hydrogens (tertiary/aromatic N) is 2. The van der Waals surface area contributed by atoms with Gasteiger partial charge in [-0.1, -0.05) is 48.0 Å². The third-order valence-corrected chi connectivity index (χ3v) is 7.32. The van der Waals surface area contributed by atoms with Gasteiger partial charge in [0.05, 0.1) is 12.2 Å². The first-order valence-corrected chi connectivity index (χ1v) is 11.2. The lowest BCUT2D eigenvalue weighted by molar-refractivity contribution is -0.123. The zero-order valence-corrected chi connectivity index (χ0v) is 17.9. The molecule has 4 nitrogen and oxygen atoms in total. The summed E-state index contributed by atoms with van der Waals surface area (Å²) in [6.07, 6.45) is 0. The van der Waals surface area contributed by atoms with Crippen molar-refractivity contribution in [2.45, 2.75) is 18.3 Å². The molecular weight excluding hydrogens is 411 g/mol. The highest BCUT2D eigenvalue weighted by molar-refractivity contribution is 8.01. The van der Waals surface area contributed by atoms with E-state index in [1.807, 2.05) is 55.5 Å². The minimum Gasteiger partial charge on any atom is -0.311 e. The lowest BCUT2D eigenvalue weighted by atomic mass is 10.0. The van der Waals surface area contributed by atoms with Gasteiger partial charge in [-0.3, -0.25) is 9.59 Å². The molecule has 0 N–H and O–H groups in total. The van der Waals surface area contributed by atoms with Crippen molar-refractivity contribution in [1.29, 1.82) is 0 Å². The zero-order valence-electron chi connectivity index (χ0n) is 17.0. The number of amides is 2. The van der Waals surface area contributed by atoms with Crippen molar-refractivity contribution in [3.63, 3.8) is 0 Å². The molecule has 0 aliphatic carbocycles. The van der Waals surface area contributed by atoms with Crippen LogP contribution < -0.4 is 4.90 Å². The molecule has 5 rings (SSSR count). The van der Waals surface area contributed by atoms with Crippen LogP contribution in [0.2, 0.25) is 0 Å². The first kappa shape index (κ1) is 19.8. The molecule has 1 fully saturated rings. The molecule has 0 aromatic heterocycles. The Balaban J connectivity index is 1.56. The Hall–Kier alpha value is -3.12. The molecule has 0 bridgehead atoms. The van der Waals surface area contributed by atoms with E-state index in [-0.39, 0.29) is 17.6 Å². The topological polar surface area (TPSA) is 40.6 Å². The average Bonchev–Trinajstić information content (AvgIpc) is 3.33. The highest BCUT2D eigenvalue weighted by Crippen LogP contribution is 2.54. The first-order valence-electron chi connectivity index (χ1n) is 10.2. The van der Waals surface area contributed by atoms with Gasteiger partial charge in [0.2, 0.25) is 0 Å². The van der Waals surface area contributed by atoms with Crippen LogP contribution in [0.1, 0.15) is 27.0 Å². The second-order valence-electron chi connectivity index (χ2n) is 7.85. The van der Waals surface area contributed by atoms with Crippen LogP contribution in [0, 0.1) is 12.7 Å². The van der Waals surface area contributed by atoms with Gasteiger partial charge in [0, 0.05) is 23.4 Å². The van der Waals surface area contributed by atoms with Crippen LogP contribution in [0.4, 0.5) is 10.1 Å². The van der Waals surface area contributed by atoms with Gasteiger partial charge in [-0.05, 0) is 42.8 Å². The number of rotatable bonds is 3. The highest BCUT2D eigenvalue weighted by atomic mass is 32.2. The molecule has 31 heavy (non-hydrogen) atoms. The van der Waals surface area contributed by atoms with E-state index in [1.165, 1.54) is 23.9 Å². The van der Waals surface area contributed by atoms with Gasteiger partial charge < -0.3 is 9.80 Å². The molecule has 1 saturated heterocycles. The van der Waals surface area contributed by atoms with Crippen molar-refractivity contribution in [3.8, 4) is 0 Å². The molecular formula is C25H21FN2O2S. The number of hydrogen-bond donors (Lipinski definition) is 0. The fourth-order valence-corrected chi connectivity index (χ4v) is 5.81. The van der Waals surface area contributed by atoms with Crippen LogP contribution >= 0.6 is 11.8 Å². The molecule has 1 atom stereocenters. The molecule has 3 aromatic carbocycles. The molecule has 2 amide bonds. The fraction of sp³-hybridized carbons (Fsp3) is 0.200. The molecule has 1 spiro atoms. The van der Waals surface area contributed by atoms with Crippen LogP contribution in [0.15, 0.2) is 72.8 Å². The van der Waals surface area contributed by atoms with Crippen LogP contribution in [0.5, 0.6) is 0 Å². The number of fused-ring (bicyclic) bond motifs is 2. The maximum Gasteiger partial charge on any atom is 0.268 e. The van der Waals surface area contributed by atoms with Crippen LogP contribution in [-0.2, 0) is 16.2 Å². The Labute approximate surface area is 184 Å². The second kappa shape index (κ2) is 7.54. The Bertz CT molecular complexity index is 1160. The number of carbonyl (C=O) groups is 2. The van der Waals surface area contributed by atoms with Crippen molar-refractivity contribution >= 4 is 29.3 Å². The van der Waals surface area contributed by atoms with Crippen LogP contribution in [0.25, 0.3) is 0 Å². The van der Waals surface area contributed by atoms with Gasteiger partial charge in [0.25, 0.3) is 11.8 Å². The smallest absolute Gasteiger partial charge is 0.268 e. The first-order chi connectivity index (χ1) is 15.0. The van der Waals surface area contributed by atoms with Gasteiger partial charge in [-0.25, -0.2) is 4.39 Å². The molecule has 3 aromatic rings. The maximum absolute atomic E-state index is 13.9. The molecule has 0 saturated carbocycles. The van der Waals surface area contributed by atoms with E-state index >= 15 is 0 Å². The summed E-state index contributed by atoms with van der Waals surface area (Å²) in [6.45, 7) is 2.80. The molecule has 0 radical (unpaired) electrons. The van der Waals surface area contributed by atoms with E-state index in [4.69, 9.17) is 0 Å². The van der Waals surface area contributed by atoms with Crippen molar-refractivity contribution in [2.24, 2.45) is 0 Å². The van der Waals surface area contributed by atoms with E-state index in [1.54, 1.807) is 21.9 Å². The number of benzene rings is 3. The van der Waals surface area contributed by atoms with Crippen molar-refractivity contribution in [1.82, 2.24) is 4.90 Å². The Kier molecular flexibility index (Phi) is 4.82. The Morgan fingerprint density at radius 3 is 2.48 bits per heavy atom. The summed E-state index contributed by atoms with van der Waals surface area (Å²) in [5.74, 6) is 0.106. The minimum atomic E-state index is -1.07. The summed E-state index contributed by atoms with van der Waals surface area (Å²) in [5.41, 5.74) is 4.13. The van der Waals surface area contributed by atoms with Crippen molar-refractivity contribution in [3.05, 3.63) is 101 Å². The zero-order chi connectivity index (χ0) is 21.6. The molecule has 2 aliphatic rings. The van der Waals surface area contributed by atoms with E-state index in [2.05, 4.69) is 0 Å². The molecule has 2 aliphatic heterocycles. The van der Waals surface area contributed by atoms with Crippen LogP contribution in [0.3, 0.4) is 0 Å². The van der Waals surface area contributed by atoms with E-state index < -0.39 is 4.87 Å². The standard InChI is InChI=1S/C25H21FN2O2S/c1-17-6-10-19(11-7-17)23(29)28-14-15-31-25(28)21-4-2-3-5-22(21)27(24(25)30)16-18-8-12-20(26)13-9-18/h2-13H,14-16H2,1H3. The molecule has 156 valence electrons. The third kappa shape index (κ3) is 3.13. The number of carbonyl (C=O) groups excluding carboxylic acids is 2. The van der Waals surface area contributed by atoms with Crippen molar-refractivity contribution in [2.75, 3.05) is 17.2 Å². The third-order valence-electron chi connectivity index (χ3n) is 5.90. The monoisotopic (exact) mass is 432 g/mol. The Morgan fingerprint density at radius 2 is 1.74 bits per heavy atom. The summed E-state index contributed by atoms with van der Waals surface area (Å²) < 4.78 is 13.4. The number of anilines is 1. The van der Waals surface area contributed by atoms with Gasteiger partial charge in [0.15, 0.2) is 4.87 Å². The number of hydrogen-bond acceptors (Lipinski definition) is 3. The second-order valence-corrected chi connectivity index (χ2v) is 9.14. The summed E-state index contributed by atoms with van der Waals surface area (Å²) in [4.78, 5) is 29.7. The normalized spacial score (nSPS) is 19.9. The average molecular weight is 433 g/mol. The minimum absolute atomic E-state index is 0.124. The number of thioether (sulfide) groups is 1. The molecule has 6 heteroatoms. The highest BCUT2D eigenvalue weighted by Gasteiger charge is 2.59. The lowest BCUT2D eigenvalue weighted by Crippen LogP contribution is -2.50. The number of aryl methyl sites for hydroxylation is 1. The quantitative estimate of drug-likeness (QED) is 0.601. The van der Waals surface area contributed by atoms with E-state index in [9.17, 15) is 14.0 Å². The summed E-state index contributed by atoms with van der Waals surface area (Å²) >= 11 is 1.51. The largest absolute Gasteiger partial charge is 0.311 e. The molecule has 2 heterocycles. The van der Waals surface area contributed by atoms with Gasteiger partial charge in [-0.15, -0.1) is 11.8 Å². The predicted molar refractivity (Wildman–Crippen MR) is 120 cm³/mol.